The highest BCUT2D eigenvalue weighted by atomic mass is 16.5. The molecule has 0 aliphatic rings. The van der Waals surface area contributed by atoms with E-state index in [4.69, 9.17) is 4.74 Å². The van der Waals surface area contributed by atoms with Gasteiger partial charge in [-0.2, -0.15) is 0 Å². The summed E-state index contributed by atoms with van der Waals surface area (Å²) >= 11 is 0. The fourth-order valence-corrected chi connectivity index (χ4v) is 1.72. The zero-order chi connectivity index (χ0) is 13.4. The molecule has 1 aromatic rings. The Hall–Kier alpha value is -1.71. The molecule has 0 radical (unpaired) electrons. The molecule has 1 rings (SSSR count). The van der Waals surface area contributed by atoms with Crippen LogP contribution in [0.15, 0.2) is 24.3 Å². The van der Waals surface area contributed by atoms with Crippen LogP contribution in [0.5, 0.6) is 5.75 Å². The van der Waals surface area contributed by atoms with Crippen molar-refractivity contribution in [3.8, 4) is 5.75 Å². The number of rotatable bonds is 8. The Bertz CT molecular complexity index is 379. The molecule has 0 amide bonds. The highest BCUT2D eigenvalue weighted by Crippen LogP contribution is 2.25. The van der Waals surface area contributed by atoms with Crippen LogP contribution in [0.1, 0.15) is 33.1 Å². The Labute approximate surface area is 108 Å². The Morgan fingerprint density at radius 1 is 1.39 bits per heavy atom. The first-order valence-corrected chi connectivity index (χ1v) is 6.40. The second-order valence-electron chi connectivity index (χ2n) is 4.11. The van der Waals surface area contributed by atoms with Crippen LogP contribution in [0.2, 0.25) is 0 Å². The predicted molar refractivity (Wildman–Crippen MR) is 72.2 cm³/mol. The molecule has 0 heterocycles. The van der Waals surface area contributed by atoms with E-state index >= 15 is 0 Å². The Morgan fingerprint density at radius 3 is 2.72 bits per heavy atom. The van der Waals surface area contributed by atoms with Crippen molar-refractivity contribution in [1.82, 2.24) is 0 Å². The van der Waals surface area contributed by atoms with Crippen molar-refractivity contribution in [3.63, 3.8) is 0 Å². The zero-order valence-corrected chi connectivity index (χ0v) is 11.0. The molecule has 0 aliphatic heterocycles. The van der Waals surface area contributed by atoms with Crippen molar-refractivity contribution in [1.29, 1.82) is 0 Å². The first-order valence-electron chi connectivity index (χ1n) is 6.40. The maximum absolute atomic E-state index is 11.2. The van der Waals surface area contributed by atoms with Crippen molar-refractivity contribution in [2.45, 2.75) is 39.2 Å². The standard InChI is InChI=1S/C14H21NO3/c1-3-5-8-12(14(16)17)15-11-9-6-7-10-13(11)18-4-2/h6-7,9-10,12,15H,3-5,8H2,1-2H3,(H,16,17). The molecule has 1 aromatic carbocycles. The lowest BCUT2D eigenvalue weighted by molar-refractivity contribution is -0.138. The van der Waals surface area contributed by atoms with Gasteiger partial charge in [0.25, 0.3) is 0 Å². The molecule has 0 saturated carbocycles. The number of benzene rings is 1. The number of ether oxygens (including phenoxy) is 1. The third-order valence-corrected chi connectivity index (χ3v) is 2.66. The van der Waals surface area contributed by atoms with Gasteiger partial charge >= 0.3 is 5.97 Å². The fraction of sp³-hybridized carbons (Fsp3) is 0.500. The molecule has 100 valence electrons. The van der Waals surface area contributed by atoms with E-state index in [1.165, 1.54) is 0 Å². The van der Waals surface area contributed by atoms with Crippen LogP contribution >= 0.6 is 0 Å². The molecule has 4 heteroatoms. The Kier molecular flexibility index (Phi) is 6.05. The number of anilines is 1. The number of unbranched alkanes of at least 4 members (excludes halogenated alkanes) is 1. The summed E-state index contributed by atoms with van der Waals surface area (Å²) in [5, 5.41) is 12.2. The normalized spacial score (nSPS) is 11.9. The maximum Gasteiger partial charge on any atom is 0.326 e. The maximum atomic E-state index is 11.2. The SMILES string of the molecule is CCCCC(Nc1ccccc1OCC)C(=O)O. The van der Waals surface area contributed by atoms with Gasteiger partial charge in [-0.15, -0.1) is 0 Å². The lowest BCUT2D eigenvalue weighted by atomic mass is 10.1. The second kappa shape index (κ2) is 7.58. The van der Waals surface area contributed by atoms with Gasteiger partial charge in [0.2, 0.25) is 0 Å². The van der Waals surface area contributed by atoms with E-state index in [1.54, 1.807) is 0 Å². The topological polar surface area (TPSA) is 58.6 Å². The summed E-state index contributed by atoms with van der Waals surface area (Å²) in [5.41, 5.74) is 0.739. The van der Waals surface area contributed by atoms with E-state index in [-0.39, 0.29) is 0 Å². The van der Waals surface area contributed by atoms with Gasteiger partial charge in [-0.1, -0.05) is 31.9 Å². The summed E-state index contributed by atoms with van der Waals surface area (Å²) in [6, 6.07) is 6.85. The molecule has 0 aliphatic carbocycles. The fourth-order valence-electron chi connectivity index (χ4n) is 1.72. The largest absolute Gasteiger partial charge is 0.492 e. The van der Waals surface area contributed by atoms with Gasteiger partial charge in [-0.25, -0.2) is 4.79 Å². The average Bonchev–Trinajstić information content (AvgIpc) is 2.36. The third-order valence-electron chi connectivity index (χ3n) is 2.66. The highest BCUT2D eigenvalue weighted by Gasteiger charge is 2.17. The van der Waals surface area contributed by atoms with Crippen molar-refractivity contribution >= 4 is 11.7 Å². The number of carboxylic acid groups (broad SMARTS) is 1. The zero-order valence-electron chi connectivity index (χ0n) is 11.0. The number of para-hydroxylation sites is 2. The monoisotopic (exact) mass is 251 g/mol. The van der Waals surface area contributed by atoms with E-state index in [0.29, 0.717) is 18.8 Å². The minimum Gasteiger partial charge on any atom is -0.492 e. The van der Waals surface area contributed by atoms with Crippen molar-refractivity contribution in [2.75, 3.05) is 11.9 Å². The molecule has 2 N–H and O–H groups in total. The molecule has 0 aromatic heterocycles. The number of aliphatic carboxylic acids is 1. The van der Waals surface area contributed by atoms with Gasteiger partial charge in [-0.05, 0) is 25.5 Å². The molecule has 18 heavy (non-hydrogen) atoms. The van der Waals surface area contributed by atoms with E-state index < -0.39 is 12.0 Å². The van der Waals surface area contributed by atoms with Gasteiger partial charge in [0.15, 0.2) is 0 Å². The van der Waals surface area contributed by atoms with Gasteiger partial charge in [0.1, 0.15) is 11.8 Å². The summed E-state index contributed by atoms with van der Waals surface area (Å²) in [6.07, 6.45) is 2.49. The molecule has 1 unspecified atom stereocenters. The van der Waals surface area contributed by atoms with Gasteiger partial charge in [0.05, 0.1) is 12.3 Å². The Morgan fingerprint density at radius 2 is 2.11 bits per heavy atom. The summed E-state index contributed by atoms with van der Waals surface area (Å²) < 4.78 is 5.47. The lowest BCUT2D eigenvalue weighted by Crippen LogP contribution is -2.29. The second-order valence-corrected chi connectivity index (χ2v) is 4.11. The van der Waals surface area contributed by atoms with Gasteiger partial charge < -0.3 is 15.2 Å². The van der Waals surface area contributed by atoms with Gasteiger partial charge in [0, 0.05) is 0 Å². The van der Waals surface area contributed by atoms with Crippen LogP contribution in [-0.4, -0.2) is 23.7 Å². The van der Waals surface area contributed by atoms with Crippen LogP contribution in [0, 0.1) is 0 Å². The van der Waals surface area contributed by atoms with E-state index in [9.17, 15) is 9.90 Å². The van der Waals surface area contributed by atoms with E-state index in [0.717, 1.165) is 18.5 Å². The van der Waals surface area contributed by atoms with Crippen molar-refractivity contribution in [2.24, 2.45) is 0 Å². The number of carbonyl (C=O) groups is 1. The van der Waals surface area contributed by atoms with E-state index in [2.05, 4.69) is 5.32 Å². The smallest absolute Gasteiger partial charge is 0.326 e. The molecule has 0 fully saturated rings. The number of hydrogen-bond donors (Lipinski definition) is 2. The molecule has 1 atom stereocenters. The number of nitrogens with one attached hydrogen (secondary N) is 1. The molecule has 0 saturated heterocycles. The molecular weight excluding hydrogens is 230 g/mol. The number of carboxylic acids is 1. The van der Waals surface area contributed by atoms with Crippen LogP contribution in [0.4, 0.5) is 5.69 Å². The summed E-state index contributed by atoms with van der Waals surface area (Å²) in [6.45, 7) is 4.51. The molecule has 0 spiro atoms. The van der Waals surface area contributed by atoms with Gasteiger partial charge in [-0.3, -0.25) is 0 Å². The van der Waals surface area contributed by atoms with Crippen LogP contribution < -0.4 is 10.1 Å². The number of hydrogen-bond acceptors (Lipinski definition) is 3. The predicted octanol–water partition coefficient (Wildman–Crippen LogP) is 3.14. The molecule has 0 bridgehead atoms. The molecule has 4 nitrogen and oxygen atoms in total. The first kappa shape index (κ1) is 14.4. The minimum absolute atomic E-state index is 0.561. The lowest BCUT2D eigenvalue weighted by Gasteiger charge is -2.18. The van der Waals surface area contributed by atoms with E-state index in [1.807, 2.05) is 38.1 Å². The van der Waals surface area contributed by atoms with Crippen LogP contribution in [0.25, 0.3) is 0 Å². The summed E-state index contributed by atoms with van der Waals surface area (Å²) in [4.78, 5) is 11.2. The minimum atomic E-state index is -0.824. The van der Waals surface area contributed by atoms with Crippen LogP contribution in [0.3, 0.4) is 0 Å². The highest BCUT2D eigenvalue weighted by molar-refractivity contribution is 5.78. The van der Waals surface area contributed by atoms with Crippen molar-refractivity contribution in [3.05, 3.63) is 24.3 Å². The van der Waals surface area contributed by atoms with Crippen LogP contribution in [-0.2, 0) is 4.79 Å². The summed E-state index contributed by atoms with van der Waals surface area (Å²) in [7, 11) is 0. The first-order chi connectivity index (χ1) is 8.69. The third kappa shape index (κ3) is 4.28. The van der Waals surface area contributed by atoms with Crippen molar-refractivity contribution < 1.29 is 14.6 Å². The Balaban J connectivity index is 2.76. The quantitative estimate of drug-likeness (QED) is 0.745. The molecular formula is C14H21NO3. The summed E-state index contributed by atoms with van der Waals surface area (Å²) in [5.74, 6) is -0.127. The average molecular weight is 251 g/mol.